The first-order valence-electron chi connectivity index (χ1n) is 7.96. The molecule has 1 aliphatic heterocycles. The minimum atomic E-state index is -0.0167. The topological polar surface area (TPSA) is 24.5 Å². The van der Waals surface area contributed by atoms with E-state index in [-0.39, 0.29) is 11.1 Å². The van der Waals surface area contributed by atoms with E-state index in [1.165, 1.54) is 19.3 Å². The number of nitrogens with zero attached hydrogens (tertiary/aromatic N) is 1. The molecular weight excluding hydrogens is 236 g/mol. The molecule has 3 nitrogen and oxygen atoms in total. The molecule has 0 aromatic carbocycles. The molecule has 2 unspecified atom stereocenters. The summed E-state index contributed by atoms with van der Waals surface area (Å²) in [5, 5.41) is 3.77. The third-order valence-electron chi connectivity index (χ3n) is 4.62. The maximum Gasteiger partial charge on any atom is 0.0600 e. The first-order chi connectivity index (χ1) is 8.83. The summed E-state index contributed by atoms with van der Waals surface area (Å²) in [5.41, 5.74) is 0.268. The monoisotopic (exact) mass is 268 g/mol. The van der Waals surface area contributed by atoms with Crippen LogP contribution in [-0.4, -0.2) is 48.3 Å². The number of hydrogen-bond acceptors (Lipinski definition) is 3. The van der Waals surface area contributed by atoms with Gasteiger partial charge in [-0.15, -0.1) is 0 Å². The Morgan fingerprint density at radius 3 is 2.53 bits per heavy atom. The molecule has 2 aliphatic rings. The fourth-order valence-corrected chi connectivity index (χ4v) is 3.00. The number of ether oxygens (including phenoxy) is 1. The zero-order chi connectivity index (χ0) is 14.1. The average molecular weight is 268 g/mol. The Labute approximate surface area is 119 Å². The predicted octanol–water partition coefficient (Wildman–Crippen LogP) is 2.65. The molecule has 3 heteroatoms. The molecule has 19 heavy (non-hydrogen) atoms. The first-order valence-corrected chi connectivity index (χ1v) is 7.96. The average Bonchev–Trinajstić information content (AvgIpc) is 3.12. The quantitative estimate of drug-likeness (QED) is 0.829. The van der Waals surface area contributed by atoms with E-state index in [1.807, 2.05) is 0 Å². The summed E-state index contributed by atoms with van der Waals surface area (Å²) in [6.07, 6.45) is 4.04. The van der Waals surface area contributed by atoms with Gasteiger partial charge in [0.05, 0.1) is 12.2 Å². The highest BCUT2D eigenvalue weighted by Gasteiger charge is 2.41. The van der Waals surface area contributed by atoms with Crippen molar-refractivity contribution in [3.05, 3.63) is 0 Å². The largest absolute Gasteiger partial charge is 0.375 e. The van der Waals surface area contributed by atoms with Crippen molar-refractivity contribution < 1.29 is 4.74 Å². The number of piperazine rings is 1. The summed E-state index contributed by atoms with van der Waals surface area (Å²) in [6.45, 7) is 15.3. The maximum atomic E-state index is 5.92. The van der Waals surface area contributed by atoms with Crippen molar-refractivity contribution in [1.29, 1.82) is 0 Å². The molecule has 2 atom stereocenters. The van der Waals surface area contributed by atoms with Crippen molar-refractivity contribution in [1.82, 2.24) is 10.2 Å². The molecule has 1 saturated heterocycles. The maximum absolute atomic E-state index is 5.92. The van der Waals surface area contributed by atoms with E-state index in [2.05, 4.69) is 44.8 Å². The Bertz CT molecular complexity index is 296. The third kappa shape index (κ3) is 4.44. The zero-order valence-corrected chi connectivity index (χ0v) is 13.5. The Hall–Kier alpha value is -0.120. The molecule has 0 aromatic heterocycles. The Morgan fingerprint density at radius 1 is 1.32 bits per heavy atom. The highest BCUT2D eigenvalue weighted by Crippen LogP contribution is 2.37. The Morgan fingerprint density at radius 2 is 2.00 bits per heavy atom. The Kier molecular flexibility index (Phi) is 4.59. The lowest BCUT2D eigenvalue weighted by Gasteiger charge is -2.46. The van der Waals surface area contributed by atoms with Crippen LogP contribution in [0.4, 0.5) is 0 Å². The lowest BCUT2D eigenvalue weighted by molar-refractivity contribution is -0.0290. The van der Waals surface area contributed by atoms with Crippen LogP contribution in [0.2, 0.25) is 0 Å². The first kappa shape index (κ1) is 15.3. The normalized spacial score (nSPS) is 33.6. The smallest absolute Gasteiger partial charge is 0.0600 e. The van der Waals surface area contributed by atoms with Gasteiger partial charge in [-0.05, 0) is 52.9 Å². The minimum Gasteiger partial charge on any atom is -0.375 e. The molecule has 0 bridgehead atoms. The van der Waals surface area contributed by atoms with E-state index in [4.69, 9.17) is 4.74 Å². The second kappa shape index (κ2) is 5.71. The van der Waals surface area contributed by atoms with Gasteiger partial charge in [0.1, 0.15) is 0 Å². The summed E-state index contributed by atoms with van der Waals surface area (Å²) in [6, 6.07) is 0.739. The van der Waals surface area contributed by atoms with E-state index >= 15 is 0 Å². The molecule has 1 aliphatic carbocycles. The summed E-state index contributed by atoms with van der Waals surface area (Å²) in [7, 11) is 0. The summed E-state index contributed by atoms with van der Waals surface area (Å²) in [5.74, 6) is 0.934. The van der Waals surface area contributed by atoms with Crippen molar-refractivity contribution in [3.8, 4) is 0 Å². The van der Waals surface area contributed by atoms with Crippen LogP contribution in [0.3, 0.4) is 0 Å². The van der Waals surface area contributed by atoms with Crippen molar-refractivity contribution in [3.63, 3.8) is 0 Å². The molecular formula is C16H32N2O. The van der Waals surface area contributed by atoms with Crippen LogP contribution >= 0.6 is 0 Å². The molecule has 0 amide bonds. The molecule has 1 heterocycles. The van der Waals surface area contributed by atoms with E-state index in [1.54, 1.807) is 0 Å². The van der Waals surface area contributed by atoms with E-state index in [9.17, 15) is 0 Å². The predicted molar refractivity (Wildman–Crippen MR) is 80.5 cm³/mol. The molecule has 1 saturated carbocycles. The minimum absolute atomic E-state index is 0.0167. The fraction of sp³-hybridized carbons (Fsp3) is 1.00. The standard InChI is InChI=1S/C16H32N2O/c1-6-16(5)12-18(9-10-19-15(2,3)4)14(11-17-16)13-7-8-13/h13-14,17H,6-12H2,1-5H3. The van der Waals surface area contributed by atoms with Gasteiger partial charge in [-0.25, -0.2) is 0 Å². The number of nitrogens with one attached hydrogen (secondary N) is 1. The van der Waals surface area contributed by atoms with Crippen LogP contribution < -0.4 is 5.32 Å². The highest BCUT2D eigenvalue weighted by molar-refractivity contribution is 4.99. The summed E-state index contributed by atoms with van der Waals surface area (Å²) < 4.78 is 5.92. The van der Waals surface area contributed by atoms with E-state index < -0.39 is 0 Å². The van der Waals surface area contributed by atoms with Crippen LogP contribution in [0.1, 0.15) is 53.9 Å². The molecule has 1 N–H and O–H groups in total. The van der Waals surface area contributed by atoms with Gasteiger partial charge >= 0.3 is 0 Å². The summed E-state index contributed by atoms with van der Waals surface area (Å²) in [4.78, 5) is 2.68. The number of rotatable bonds is 5. The van der Waals surface area contributed by atoms with Crippen LogP contribution in [-0.2, 0) is 4.74 Å². The molecule has 0 spiro atoms. The molecule has 2 fully saturated rings. The summed E-state index contributed by atoms with van der Waals surface area (Å²) >= 11 is 0. The highest BCUT2D eigenvalue weighted by atomic mass is 16.5. The van der Waals surface area contributed by atoms with Gasteiger partial charge in [0.2, 0.25) is 0 Å². The van der Waals surface area contributed by atoms with Gasteiger partial charge < -0.3 is 10.1 Å². The van der Waals surface area contributed by atoms with Gasteiger partial charge in [0.25, 0.3) is 0 Å². The molecule has 2 rings (SSSR count). The van der Waals surface area contributed by atoms with Gasteiger partial charge in [-0.1, -0.05) is 6.92 Å². The third-order valence-corrected chi connectivity index (χ3v) is 4.62. The van der Waals surface area contributed by atoms with Crippen LogP contribution in [0.25, 0.3) is 0 Å². The van der Waals surface area contributed by atoms with Crippen LogP contribution in [0.15, 0.2) is 0 Å². The van der Waals surface area contributed by atoms with Crippen molar-refractivity contribution in [2.24, 2.45) is 5.92 Å². The lowest BCUT2D eigenvalue weighted by Crippen LogP contribution is -2.63. The van der Waals surface area contributed by atoms with E-state index in [0.29, 0.717) is 0 Å². The second-order valence-electron chi connectivity index (χ2n) is 7.63. The zero-order valence-electron chi connectivity index (χ0n) is 13.5. The van der Waals surface area contributed by atoms with Crippen molar-refractivity contribution in [2.75, 3.05) is 26.2 Å². The van der Waals surface area contributed by atoms with Gasteiger partial charge in [0.15, 0.2) is 0 Å². The lowest BCUT2D eigenvalue weighted by atomic mass is 9.92. The number of hydrogen-bond donors (Lipinski definition) is 1. The van der Waals surface area contributed by atoms with Crippen molar-refractivity contribution in [2.45, 2.75) is 71.1 Å². The van der Waals surface area contributed by atoms with Gasteiger partial charge in [0, 0.05) is 31.2 Å². The molecule has 0 radical (unpaired) electrons. The van der Waals surface area contributed by atoms with Crippen molar-refractivity contribution >= 4 is 0 Å². The van der Waals surface area contributed by atoms with Crippen LogP contribution in [0, 0.1) is 5.92 Å². The fourth-order valence-electron chi connectivity index (χ4n) is 3.00. The van der Waals surface area contributed by atoms with Gasteiger partial charge in [-0.3, -0.25) is 4.90 Å². The second-order valence-corrected chi connectivity index (χ2v) is 7.63. The van der Waals surface area contributed by atoms with Crippen LogP contribution in [0.5, 0.6) is 0 Å². The molecule has 112 valence electrons. The van der Waals surface area contributed by atoms with E-state index in [0.717, 1.165) is 38.2 Å². The van der Waals surface area contributed by atoms with Gasteiger partial charge in [-0.2, -0.15) is 0 Å². The SMILES string of the molecule is CCC1(C)CN(CCOC(C)(C)C)C(C2CC2)CN1. The molecule has 0 aromatic rings. The Balaban J connectivity index is 1.88.